The maximum atomic E-state index is 12.1. The zero-order valence-electron chi connectivity index (χ0n) is 12.5. The van der Waals surface area contributed by atoms with E-state index in [4.69, 9.17) is 5.11 Å². The highest BCUT2D eigenvalue weighted by atomic mass is 16.4. The van der Waals surface area contributed by atoms with Crippen LogP contribution >= 0.6 is 0 Å². The molecule has 21 heavy (non-hydrogen) atoms. The predicted octanol–water partition coefficient (Wildman–Crippen LogP) is 0.785. The van der Waals surface area contributed by atoms with Crippen molar-refractivity contribution < 1.29 is 9.90 Å². The van der Waals surface area contributed by atoms with Crippen LogP contribution in [0.5, 0.6) is 0 Å². The SMILES string of the molecule is CN(CCC(=O)O)c1nc2c(cnn2C(C)(C)C)c(=O)[nH]1. The van der Waals surface area contributed by atoms with Gasteiger partial charge in [-0.3, -0.25) is 14.6 Å². The van der Waals surface area contributed by atoms with Crippen molar-refractivity contribution in [3.05, 3.63) is 16.6 Å². The zero-order valence-corrected chi connectivity index (χ0v) is 12.5. The van der Waals surface area contributed by atoms with Crippen molar-refractivity contribution in [2.24, 2.45) is 0 Å². The standard InChI is InChI=1S/C13H19N5O3/c1-13(2,3)18-10-8(7-14-18)11(21)16-12(15-10)17(4)6-5-9(19)20/h7H,5-6H2,1-4H3,(H,19,20)(H,15,16,21). The molecular weight excluding hydrogens is 274 g/mol. The second kappa shape index (κ2) is 5.19. The fourth-order valence-electron chi connectivity index (χ4n) is 1.95. The molecule has 2 rings (SSSR count). The lowest BCUT2D eigenvalue weighted by molar-refractivity contribution is -0.136. The van der Waals surface area contributed by atoms with Gasteiger partial charge in [-0.15, -0.1) is 0 Å². The Morgan fingerprint density at radius 3 is 2.71 bits per heavy atom. The molecule has 0 aromatic carbocycles. The van der Waals surface area contributed by atoms with Gasteiger partial charge in [-0.2, -0.15) is 10.1 Å². The molecule has 0 amide bonds. The van der Waals surface area contributed by atoms with Gasteiger partial charge in [0.2, 0.25) is 5.95 Å². The Bertz CT molecular complexity index is 725. The van der Waals surface area contributed by atoms with E-state index in [1.807, 2.05) is 20.8 Å². The van der Waals surface area contributed by atoms with Gasteiger partial charge in [0.15, 0.2) is 5.65 Å². The topological polar surface area (TPSA) is 104 Å². The number of aromatic amines is 1. The summed E-state index contributed by atoms with van der Waals surface area (Å²) in [5, 5.41) is 13.4. The molecule has 0 saturated heterocycles. The number of carbonyl (C=O) groups is 1. The molecule has 2 aromatic heterocycles. The van der Waals surface area contributed by atoms with Gasteiger partial charge in [-0.05, 0) is 20.8 Å². The normalized spacial score (nSPS) is 11.8. The summed E-state index contributed by atoms with van der Waals surface area (Å²) in [7, 11) is 1.69. The van der Waals surface area contributed by atoms with Crippen LogP contribution < -0.4 is 10.5 Å². The number of carboxylic acids is 1. The number of hydrogen-bond donors (Lipinski definition) is 2. The third-order valence-electron chi connectivity index (χ3n) is 3.08. The molecule has 0 unspecified atom stereocenters. The summed E-state index contributed by atoms with van der Waals surface area (Å²) in [5.41, 5.74) is -0.101. The minimum absolute atomic E-state index is 0.0310. The summed E-state index contributed by atoms with van der Waals surface area (Å²) < 4.78 is 1.69. The van der Waals surface area contributed by atoms with Gasteiger partial charge in [0, 0.05) is 13.6 Å². The van der Waals surface area contributed by atoms with E-state index in [0.29, 0.717) is 17.0 Å². The van der Waals surface area contributed by atoms with E-state index < -0.39 is 5.97 Å². The summed E-state index contributed by atoms with van der Waals surface area (Å²) in [4.78, 5) is 31.4. The Kier molecular flexibility index (Phi) is 3.71. The molecule has 2 heterocycles. The molecule has 0 saturated carbocycles. The molecule has 114 valence electrons. The van der Waals surface area contributed by atoms with E-state index in [1.165, 1.54) is 6.20 Å². The third-order valence-corrected chi connectivity index (χ3v) is 3.08. The number of aliphatic carboxylic acids is 1. The zero-order chi connectivity index (χ0) is 15.8. The number of hydrogen-bond acceptors (Lipinski definition) is 5. The smallest absolute Gasteiger partial charge is 0.305 e. The Morgan fingerprint density at radius 2 is 2.14 bits per heavy atom. The first-order valence-electron chi connectivity index (χ1n) is 6.61. The van der Waals surface area contributed by atoms with Crippen molar-refractivity contribution >= 4 is 23.0 Å². The number of fused-ring (bicyclic) bond motifs is 1. The molecule has 0 aliphatic rings. The minimum Gasteiger partial charge on any atom is -0.481 e. The van der Waals surface area contributed by atoms with E-state index in [9.17, 15) is 9.59 Å². The van der Waals surface area contributed by atoms with Gasteiger partial charge in [-0.25, -0.2) is 4.68 Å². The Balaban J connectivity index is 2.47. The molecule has 0 bridgehead atoms. The maximum Gasteiger partial charge on any atom is 0.305 e. The molecule has 8 heteroatoms. The second-order valence-electron chi connectivity index (χ2n) is 5.92. The van der Waals surface area contributed by atoms with Gasteiger partial charge in [-0.1, -0.05) is 0 Å². The number of carboxylic acid groups (broad SMARTS) is 1. The van der Waals surface area contributed by atoms with Crippen LogP contribution in [-0.4, -0.2) is 44.4 Å². The van der Waals surface area contributed by atoms with E-state index in [1.54, 1.807) is 16.6 Å². The fourth-order valence-corrected chi connectivity index (χ4v) is 1.95. The summed E-state index contributed by atoms with van der Waals surface area (Å²) in [5.74, 6) is -0.565. The minimum atomic E-state index is -0.898. The van der Waals surface area contributed by atoms with Gasteiger partial charge < -0.3 is 10.0 Å². The average Bonchev–Trinajstić information content (AvgIpc) is 2.79. The van der Waals surface area contributed by atoms with Crippen molar-refractivity contribution in [3.63, 3.8) is 0 Å². The molecule has 0 atom stereocenters. The van der Waals surface area contributed by atoms with Crippen molar-refractivity contribution in [3.8, 4) is 0 Å². The number of anilines is 1. The first-order valence-corrected chi connectivity index (χ1v) is 6.61. The quantitative estimate of drug-likeness (QED) is 0.863. The fraction of sp³-hybridized carbons (Fsp3) is 0.538. The van der Waals surface area contributed by atoms with Crippen LogP contribution in [0.15, 0.2) is 11.0 Å². The highest BCUT2D eigenvalue weighted by molar-refractivity contribution is 5.75. The van der Waals surface area contributed by atoms with E-state index in [2.05, 4.69) is 15.1 Å². The molecule has 0 radical (unpaired) electrons. The number of H-pyrrole nitrogens is 1. The Labute approximate surface area is 121 Å². The molecule has 0 fully saturated rings. The highest BCUT2D eigenvalue weighted by Crippen LogP contribution is 2.19. The average molecular weight is 293 g/mol. The lowest BCUT2D eigenvalue weighted by Crippen LogP contribution is -2.27. The Morgan fingerprint density at radius 1 is 1.48 bits per heavy atom. The second-order valence-corrected chi connectivity index (χ2v) is 5.92. The first-order chi connectivity index (χ1) is 9.70. The summed E-state index contributed by atoms with van der Waals surface area (Å²) >= 11 is 0. The van der Waals surface area contributed by atoms with Crippen molar-refractivity contribution in [2.75, 3.05) is 18.5 Å². The largest absolute Gasteiger partial charge is 0.481 e. The van der Waals surface area contributed by atoms with Crippen LogP contribution in [0.2, 0.25) is 0 Å². The van der Waals surface area contributed by atoms with Crippen LogP contribution in [0.3, 0.4) is 0 Å². The number of rotatable bonds is 4. The monoisotopic (exact) mass is 293 g/mol. The number of nitrogens with zero attached hydrogens (tertiary/aromatic N) is 4. The third kappa shape index (κ3) is 3.04. The molecule has 0 spiro atoms. The van der Waals surface area contributed by atoms with Crippen LogP contribution in [-0.2, 0) is 10.3 Å². The summed E-state index contributed by atoms with van der Waals surface area (Å²) in [6, 6.07) is 0. The van der Waals surface area contributed by atoms with Crippen LogP contribution in [0, 0.1) is 0 Å². The number of nitrogens with one attached hydrogen (secondary N) is 1. The lowest BCUT2D eigenvalue weighted by atomic mass is 10.1. The van der Waals surface area contributed by atoms with Crippen molar-refractivity contribution in [1.82, 2.24) is 19.7 Å². The molecule has 0 aliphatic carbocycles. The number of aromatic nitrogens is 4. The Hall–Kier alpha value is -2.38. The predicted molar refractivity (Wildman–Crippen MR) is 78.7 cm³/mol. The highest BCUT2D eigenvalue weighted by Gasteiger charge is 2.20. The summed E-state index contributed by atoms with van der Waals surface area (Å²) in [6.45, 7) is 6.16. The van der Waals surface area contributed by atoms with Gasteiger partial charge in [0.05, 0.1) is 18.2 Å². The molecule has 2 aromatic rings. The maximum absolute atomic E-state index is 12.1. The van der Waals surface area contributed by atoms with E-state index >= 15 is 0 Å². The van der Waals surface area contributed by atoms with Crippen LogP contribution in [0.1, 0.15) is 27.2 Å². The summed E-state index contributed by atoms with van der Waals surface area (Å²) in [6.07, 6.45) is 1.46. The molecule has 2 N–H and O–H groups in total. The molecular formula is C13H19N5O3. The van der Waals surface area contributed by atoms with Crippen LogP contribution in [0.4, 0.5) is 5.95 Å². The molecule has 8 nitrogen and oxygen atoms in total. The van der Waals surface area contributed by atoms with Crippen molar-refractivity contribution in [2.45, 2.75) is 32.7 Å². The lowest BCUT2D eigenvalue weighted by Gasteiger charge is -2.21. The van der Waals surface area contributed by atoms with Crippen LogP contribution in [0.25, 0.3) is 11.0 Å². The van der Waals surface area contributed by atoms with E-state index in [-0.39, 0.29) is 24.1 Å². The van der Waals surface area contributed by atoms with E-state index in [0.717, 1.165) is 0 Å². The van der Waals surface area contributed by atoms with Gasteiger partial charge >= 0.3 is 5.97 Å². The first kappa shape index (κ1) is 15.0. The molecule has 0 aliphatic heterocycles. The van der Waals surface area contributed by atoms with Crippen molar-refractivity contribution in [1.29, 1.82) is 0 Å². The van der Waals surface area contributed by atoms with Gasteiger partial charge in [0.1, 0.15) is 5.39 Å². The van der Waals surface area contributed by atoms with Gasteiger partial charge in [0.25, 0.3) is 5.56 Å².